The van der Waals surface area contributed by atoms with Gasteiger partial charge in [-0.05, 0) is 6.42 Å². The molecule has 0 fully saturated rings. The maximum atomic E-state index is 11.1. The van der Waals surface area contributed by atoms with E-state index in [-0.39, 0.29) is 5.91 Å². The largest absolute Gasteiger partial charge is 0.355 e. The SMILES string of the molecule is CCCCCC(=O)NCC(C)Br. The van der Waals surface area contributed by atoms with Gasteiger partial charge in [-0.1, -0.05) is 42.6 Å². The zero-order chi connectivity index (χ0) is 9.40. The molecule has 0 saturated carbocycles. The zero-order valence-electron chi connectivity index (χ0n) is 7.90. The summed E-state index contributed by atoms with van der Waals surface area (Å²) in [5, 5.41) is 2.86. The van der Waals surface area contributed by atoms with Gasteiger partial charge in [-0.2, -0.15) is 0 Å². The van der Waals surface area contributed by atoms with Crippen LogP contribution in [0.3, 0.4) is 0 Å². The van der Waals surface area contributed by atoms with Crippen molar-refractivity contribution in [3.8, 4) is 0 Å². The molecule has 0 aromatic carbocycles. The number of carbonyl (C=O) groups is 1. The van der Waals surface area contributed by atoms with E-state index in [0.29, 0.717) is 11.2 Å². The van der Waals surface area contributed by atoms with Gasteiger partial charge in [-0.15, -0.1) is 0 Å². The fourth-order valence-corrected chi connectivity index (χ4v) is 1.04. The normalized spacial score (nSPS) is 12.6. The Labute approximate surface area is 83.2 Å². The maximum Gasteiger partial charge on any atom is 0.220 e. The number of hydrogen-bond acceptors (Lipinski definition) is 1. The highest BCUT2D eigenvalue weighted by molar-refractivity contribution is 9.09. The fourth-order valence-electron chi connectivity index (χ4n) is 0.878. The lowest BCUT2D eigenvalue weighted by Gasteiger charge is -2.05. The Bertz CT molecular complexity index is 126. The number of alkyl halides is 1. The molecule has 0 rings (SSSR count). The van der Waals surface area contributed by atoms with Crippen molar-refractivity contribution in [2.45, 2.75) is 44.4 Å². The molecular formula is C9H18BrNO. The monoisotopic (exact) mass is 235 g/mol. The van der Waals surface area contributed by atoms with Crippen molar-refractivity contribution in [3.05, 3.63) is 0 Å². The molecule has 0 heterocycles. The third kappa shape index (κ3) is 8.05. The Balaban J connectivity index is 3.22. The Morgan fingerprint density at radius 2 is 2.17 bits per heavy atom. The number of carbonyl (C=O) groups excluding carboxylic acids is 1. The highest BCUT2D eigenvalue weighted by Crippen LogP contribution is 1.99. The highest BCUT2D eigenvalue weighted by Gasteiger charge is 2.01. The first-order valence-electron chi connectivity index (χ1n) is 4.57. The molecule has 1 N–H and O–H groups in total. The quantitative estimate of drug-likeness (QED) is 0.557. The average Bonchev–Trinajstić information content (AvgIpc) is 2.01. The molecule has 3 heteroatoms. The Kier molecular flexibility index (Phi) is 7.56. The molecular weight excluding hydrogens is 218 g/mol. The molecule has 0 radical (unpaired) electrons. The Morgan fingerprint density at radius 3 is 2.67 bits per heavy atom. The van der Waals surface area contributed by atoms with Crippen LogP contribution in [-0.4, -0.2) is 17.3 Å². The van der Waals surface area contributed by atoms with Gasteiger partial charge in [0.15, 0.2) is 0 Å². The van der Waals surface area contributed by atoms with E-state index in [1.165, 1.54) is 6.42 Å². The molecule has 0 aromatic rings. The Morgan fingerprint density at radius 1 is 1.50 bits per heavy atom. The second-order valence-electron chi connectivity index (χ2n) is 3.04. The highest BCUT2D eigenvalue weighted by atomic mass is 79.9. The van der Waals surface area contributed by atoms with Gasteiger partial charge in [0.25, 0.3) is 0 Å². The molecule has 1 unspecified atom stereocenters. The Hall–Kier alpha value is -0.0500. The molecule has 0 aliphatic carbocycles. The molecule has 2 nitrogen and oxygen atoms in total. The van der Waals surface area contributed by atoms with Gasteiger partial charge >= 0.3 is 0 Å². The van der Waals surface area contributed by atoms with E-state index in [9.17, 15) is 4.79 Å². The summed E-state index contributed by atoms with van der Waals surface area (Å²) in [5.41, 5.74) is 0. The van der Waals surface area contributed by atoms with Gasteiger partial charge in [0.1, 0.15) is 0 Å². The lowest BCUT2D eigenvalue weighted by atomic mass is 10.2. The summed E-state index contributed by atoms with van der Waals surface area (Å²) in [6, 6.07) is 0. The lowest BCUT2D eigenvalue weighted by molar-refractivity contribution is -0.121. The van der Waals surface area contributed by atoms with Gasteiger partial charge in [0.05, 0.1) is 0 Å². The summed E-state index contributed by atoms with van der Waals surface area (Å²) in [6.45, 7) is 4.88. The third-order valence-electron chi connectivity index (χ3n) is 1.59. The summed E-state index contributed by atoms with van der Waals surface area (Å²) >= 11 is 3.37. The van der Waals surface area contributed by atoms with Crippen LogP contribution in [0, 0.1) is 0 Å². The molecule has 0 spiro atoms. The molecule has 0 bridgehead atoms. The summed E-state index contributed by atoms with van der Waals surface area (Å²) in [7, 11) is 0. The van der Waals surface area contributed by atoms with Gasteiger partial charge < -0.3 is 5.32 Å². The molecule has 72 valence electrons. The van der Waals surface area contributed by atoms with Gasteiger partial charge in [-0.25, -0.2) is 0 Å². The number of hydrogen-bond donors (Lipinski definition) is 1. The van der Waals surface area contributed by atoms with E-state index < -0.39 is 0 Å². The smallest absolute Gasteiger partial charge is 0.220 e. The molecule has 0 aliphatic heterocycles. The van der Waals surface area contributed by atoms with Crippen LogP contribution in [0.15, 0.2) is 0 Å². The van der Waals surface area contributed by atoms with Crippen LogP contribution in [-0.2, 0) is 4.79 Å². The molecule has 0 aliphatic rings. The third-order valence-corrected chi connectivity index (χ3v) is 1.91. The topological polar surface area (TPSA) is 29.1 Å². The van der Waals surface area contributed by atoms with Crippen LogP contribution in [0.5, 0.6) is 0 Å². The minimum absolute atomic E-state index is 0.176. The molecule has 12 heavy (non-hydrogen) atoms. The first kappa shape index (κ1) is 11.9. The molecule has 0 aromatic heterocycles. The van der Waals surface area contributed by atoms with E-state index in [1.54, 1.807) is 0 Å². The van der Waals surface area contributed by atoms with E-state index in [4.69, 9.17) is 0 Å². The maximum absolute atomic E-state index is 11.1. The summed E-state index contributed by atoms with van der Waals surface area (Å²) < 4.78 is 0. The molecule has 1 amide bonds. The van der Waals surface area contributed by atoms with Crippen molar-refractivity contribution < 1.29 is 4.79 Å². The minimum Gasteiger partial charge on any atom is -0.355 e. The zero-order valence-corrected chi connectivity index (χ0v) is 9.49. The second-order valence-corrected chi connectivity index (χ2v) is 4.61. The van der Waals surface area contributed by atoms with Crippen molar-refractivity contribution in [1.29, 1.82) is 0 Å². The number of unbranched alkanes of at least 4 members (excludes halogenated alkanes) is 2. The molecule has 0 saturated heterocycles. The predicted molar refractivity (Wildman–Crippen MR) is 55.5 cm³/mol. The van der Waals surface area contributed by atoms with E-state index in [1.807, 2.05) is 6.92 Å². The van der Waals surface area contributed by atoms with Gasteiger partial charge in [0.2, 0.25) is 5.91 Å². The number of rotatable bonds is 6. The van der Waals surface area contributed by atoms with Crippen LogP contribution < -0.4 is 5.32 Å². The average molecular weight is 236 g/mol. The van der Waals surface area contributed by atoms with Crippen molar-refractivity contribution in [2.24, 2.45) is 0 Å². The summed E-state index contributed by atoms with van der Waals surface area (Å²) in [5.74, 6) is 0.176. The number of nitrogens with one attached hydrogen (secondary N) is 1. The van der Waals surface area contributed by atoms with Crippen LogP contribution in [0.1, 0.15) is 39.5 Å². The summed E-state index contributed by atoms with van der Waals surface area (Å²) in [6.07, 6.45) is 4.01. The fraction of sp³-hybridized carbons (Fsp3) is 0.889. The van der Waals surface area contributed by atoms with Crippen molar-refractivity contribution in [1.82, 2.24) is 5.32 Å². The number of amides is 1. The van der Waals surface area contributed by atoms with E-state index >= 15 is 0 Å². The van der Waals surface area contributed by atoms with Crippen LogP contribution in [0.4, 0.5) is 0 Å². The van der Waals surface area contributed by atoms with Crippen molar-refractivity contribution in [3.63, 3.8) is 0 Å². The minimum atomic E-state index is 0.176. The van der Waals surface area contributed by atoms with E-state index in [2.05, 4.69) is 28.2 Å². The van der Waals surface area contributed by atoms with E-state index in [0.717, 1.165) is 19.4 Å². The first-order chi connectivity index (χ1) is 5.66. The van der Waals surface area contributed by atoms with Crippen LogP contribution in [0.25, 0.3) is 0 Å². The standard InChI is InChI=1S/C9H18BrNO/c1-3-4-5-6-9(12)11-7-8(2)10/h8H,3-7H2,1-2H3,(H,11,12). The second kappa shape index (κ2) is 7.59. The molecule has 1 atom stereocenters. The predicted octanol–water partition coefficient (Wildman–Crippen LogP) is 2.47. The van der Waals surface area contributed by atoms with Gasteiger partial charge in [-0.3, -0.25) is 4.79 Å². The summed E-state index contributed by atoms with van der Waals surface area (Å²) in [4.78, 5) is 11.5. The lowest BCUT2D eigenvalue weighted by Crippen LogP contribution is -2.27. The van der Waals surface area contributed by atoms with Crippen LogP contribution >= 0.6 is 15.9 Å². The van der Waals surface area contributed by atoms with Crippen molar-refractivity contribution in [2.75, 3.05) is 6.54 Å². The van der Waals surface area contributed by atoms with Crippen molar-refractivity contribution >= 4 is 21.8 Å². The first-order valence-corrected chi connectivity index (χ1v) is 5.49. The van der Waals surface area contributed by atoms with Gasteiger partial charge in [0, 0.05) is 17.8 Å². The number of halogens is 1. The van der Waals surface area contributed by atoms with Crippen LogP contribution in [0.2, 0.25) is 0 Å².